The van der Waals surface area contributed by atoms with E-state index in [0.717, 1.165) is 29.7 Å². The van der Waals surface area contributed by atoms with Crippen molar-refractivity contribution in [3.8, 4) is 22.9 Å². The van der Waals surface area contributed by atoms with Crippen LogP contribution < -0.4 is 9.47 Å². The molecule has 0 N–H and O–H groups in total. The lowest BCUT2D eigenvalue weighted by atomic mass is 10.0. The van der Waals surface area contributed by atoms with Gasteiger partial charge in [0.1, 0.15) is 24.0 Å². The molecule has 9 heteroatoms. The van der Waals surface area contributed by atoms with Gasteiger partial charge in [-0.2, -0.15) is 0 Å². The SMILES string of the molecule is COCCn1c(Cc2ccc(-c3cccc(OCc4cccc5c4OCCC5)n3)cc2F)nc2ccc(C(=O)OC)cc21. The minimum absolute atomic E-state index is 0.262. The normalized spacial score (nSPS) is 12.5. The Morgan fingerprint density at radius 3 is 2.72 bits per heavy atom. The first-order valence-electron chi connectivity index (χ1n) is 14.2. The number of aromatic nitrogens is 3. The van der Waals surface area contributed by atoms with Crippen LogP contribution in [0.15, 0.2) is 72.8 Å². The van der Waals surface area contributed by atoms with Crippen molar-refractivity contribution in [2.24, 2.45) is 0 Å². The molecule has 220 valence electrons. The number of para-hydroxylation sites is 1. The predicted octanol–water partition coefficient (Wildman–Crippen LogP) is 6.17. The largest absolute Gasteiger partial charge is 0.493 e. The Balaban J connectivity index is 1.22. The minimum Gasteiger partial charge on any atom is -0.493 e. The molecule has 0 saturated heterocycles. The first kappa shape index (κ1) is 28.4. The molecule has 0 aliphatic carbocycles. The second-order valence-electron chi connectivity index (χ2n) is 10.4. The van der Waals surface area contributed by atoms with Crippen LogP contribution in [0.3, 0.4) is 0 Å². The number of esters is 1. The van der Waals surface area contributed by atoms with E-state index in [9.17, 15) is 4.79 Å². The van der Waals surface area contributed by atoms with E-state index in [0.29, 0.717) is 66.0 Å². The molecule has 0 saturated carbocycles. The fourth-order valence-electron chi connectivity index (χ4n) is 5.38. The first-order valence-corrected chi connectivity index (χ1v) is 14.2. The van der Waals surface area contributed by atoms with Crippen molar-refractivity contribution in [1.29, 1.82) is 0 Å². The maximum atomic E-state index is 15.5. The molecule has 43 heavy (non-hydrogen) atoms. The van der Waals surface area contributed by atoms with Crippen molar-refractivity contribution in [2.75, 3.05) is 27.4 Å². The average Bonchev–Trinajstić information content (AvgIpc) is 3.39. The molecule has 0 radical (unpaired) electrons. The molecule has 0 spiro atoms. The van der Waals surface area contributed by atoms with E-state index in [-0.39, 0.29) is 12.2 Å². The molecule has 1 aliphatic heterocycles. The van der Waals surface area contributed by atoms with E-state index < -0.39 is 5.97 Å². The van der Waals surface area contributed by atoms with E-state index in [1.54, 1.807) is 37.4 Å². The van der Waals surface area contributed by atoms with Crippen molar-refractivity contribution >= 4 is 17.0 Å². The van der Waals surface area contributed by atoms with Crippen LogP contribution >= 0.6 is 0 Å². The van der Waals surface area contributed by atoms with Gasteiger partial charge in [-0.05, 0) is 54.3 Å². The third-order valence-corrected chi connectivity index (χ3v) is 7.58. The van der Waals surface area contributed by atoms with Crippen LogP contribution in [0.1, 0.15) is 39.3 Å². The molecular formula is C34H32FN3O5. The Morgan fingerprint density at radius 2 is 1.88 bits per heavy atom. The number of hydrogen-bond acceptors (Lipinski definition) is 7. The van der Waals surface area contributed by atoms with E-state index >= 15 is 4.39 Å². The Labute approximate surface area is 249 Å². The molecule has 3 aromatic carbocycles. The number of halogens is 1. The van der Waals surface area contributed by atoms with Crippen LogP contribution in [-0.2, 0) is 35.5 Å². The number of rotatable bonds is 10. The van der Waals surface area contributed by atoms with Gasteiger partial charge in [-0.15, -0.1) is 0 Å². The maximum absolute atomic E-state index is 15.5. The summed E-state index contributed by atoms with van der Waals surface area (Å²) >= 11 is 0. The molecule has 0 unspecified atom stereocenters. The zero-order chi connectivity index (χ0) is 29.8. The Kier molecular flexibility index (Phi) is 8.33. The topological polar surface area (TPSA) is 84.7 Å². The molecular weight excluding hydrogens is 549 g/mol. The van der Waals surface area contributed by atoms with Gasteiger partial charge in [0.05, 0.1) is 42.6 Å². The molecule has 0 fully saturated rings. The van der Waals surface area contributed by atoms with Crippen LogP contribution in [0.4, 0.5) is 4.39 Å². The molecule has 2 aromatic heterocycles. The number of hydrogen-bond donors (Lipinski definition) is 0. The summed E-state index contributed by atoms with van der Waals surface area (Å²) in [7, 11) is 2.96. The van der Waals surface area contributed by atoms with Crippen molar-refractivity contribution in [1.82, 2.24) is 14.5 Å². The molecule has 1 aliphatic rings. The molecule has 0 bridgehead atoms. The van der Waals surface area contributed by atoms with Crippen LogP contribution in [0.2, 0.25) is 0 Å². The molecule has 3 heterocycles. The van der Waals surface area contributed by atoms with E-state index in [1.807, 2.05) is 34.9 Å². The lowest BCUT2D eigenvalue weighted by Gasteiger charge is -2.20. The predicted molar refractivity (Wildman–Crippen MR) is 160 cm³/mol. The van der Waals surface area contributed by atoms with Crippen LogP contribution in [0, 0.1) is 5.82 Å². The summed E-state index contributed by atoms with van der Waals surface area (Å²) in [5.74, 6) is 1.23. The number of methoxy groups -OCH3 is 2. The third kappa shape index (κ3) is 6.08. The standard InChI is InChI=1S/C34H32FN3O5/c1-40-17-15-38-30-19-25(34(39)41-2)13-14-29(30)36-31(38)20-23-11-12-24(18-27(23)35)28-9-4-10-32(37-28)43-21-26-7-3-6-22-8-5-16-42-33(22)26/h3-4,6-7,9-14,18-19H,5,8,15-17,20-21H2,1-2H3. The quantitative estimate of drug-likeness (QED) is 0.183. The van der Waals surface area contributed by atoms with Gasteiger partial charge in [0.15, 0.2) is 0 Å². The summed E-state index contributed by atoms with van der Waals surface area (Å²) in [6, 6.07) is 21.9. The maximum Gasteiger partial charge on any atom is 0.337 e. The van der Waals surface area contributed by atoms with Crippen LogP contribution in [0.5, 0.6) is 11.6 Å². The lowest BCUT2D eigenvalue weighted by molar-refractivity contribution is 0.0601. The highest BCUT2D eigenvalue weighted by Crippen LogP contribution is 2.30. The number of nitrogens with zero attached hydrogens (tertiary/aromatic N) is 3. The second-order valence-corrected chi connectivity index (χ2v) is 10.4. The van der Waals surface area contributed by atoms with Gasteiger partial charge in [-0.1, -0.05) is 36.4 Å². The number of aryl methyl sites for hydroxylation is 1. The zero-order valence-corrected chi connectivity index (χ0v) is 24.1. The Bertz CT molecular complexity index is 1780. The molecule has 5 aromatic rings. The van der Waals surface area contributed by atoms with Gasteiger partial charge in [-0.25, -0.2) is 19.2 Å². The highest BCUT2D eigenvalue weighted by molar-refractivity contribution is 5.93. The fraction of sp³-hybridized carbons (Fsp3) is 0.265. The summed E-state index contributed by atoms with van der Waals surface area (Å²) in [6.45, 7) is 1.98. The minimum atomic E-state index is -0.430. The molecule has 0 amide bonds. The van der Waals surface area contributed by atoms with Gasteiger partial charge in [0.2, 0.25) is 5.88 Å². The summed E-state index contributed by atoms with van der Waals surface area (Å²) < 4.78 is 39.5. The number of carbonyl (C=O) groups excluding carboxylic acids is 1. The van der Waals surface area contributed by atoms with Crippen LogP contribution in [-0.4, -0.2) is 47.9 Å². The Morgan fingerprint density at radius 1 is 1.00 bits per heavy atom. The molecule has 6 rings (SSSR count). The number of ether oxygens (including phenoxy) is 4. The summed E-state index contributed by atoms with van der Waals surface area (Å²) in [5.41, 5.74) is 5.82. The number of benzene rings is 3. The van der Waals surface area contributed by atoms with Crippen molar-refractivity contribution in [3.05, 3.63) is 107 Å². The van der Waals surface area contributed by atoms with Crippen molar-refractivity contribution < 1.29 is 28.1 Å². The monoisotopic (exact) mass is 581 g/mol. The number of imidazole rings is 1. The van der Waals surface area contributed by atoms with Crippen molar-refractivity contribution in [2.45, 2.75) is 32.4 Å². The van der Waals surface area contributed by atoms with Crippen LogP contribution in [0.25, 0.3) is 22.3 Å². The van der Waals surface area contributed by atoms with Gasteiger partial charge < -0.3 is 23.5 Å². The average molecular weight is 582 g/mol. The van der Waals surface area contributed by atoms with E-state index in [4.69, 9.17) is 23.9 Å². The van der Waals surface area contributed by atoms with Crippen molar-refractivity contribution in [3.63, 3.8) is 0 Å². The number of pyridine rings is 1. The summed E-state index contributed by atoms with van der Waals surface area (Å²) in [6.07, 6.45) is 2.28. The second kappa shape index (κ2) is 12.6. The van der Waals surface area contributed by atoms with Gasteiger partial charge >= 0.3 is 5.97 Å². The summed E-state index contributed by atoms with van der Waals surface area (Å²) in [4.78, 5) is 21.5. The lowest BCUT2D eigenvalue weighted by Crippen LogP contribution is -2.11. The summed E-state index contributed by atoms with van der Waals surface area (Å²) in [5, 5.41) is 0. The highest BCUT2D eigenvalue weighted by atomic mass is 19.1. The van der Waals surface area contributed by atoms with Gasteiger partial charge in [0, 0.05) is 37.3 Å². The fourth-order valence-corrected chi connectivity index (χ4v) is 5.38. The zero-order valence-electron chi connectivity index (χ0n) is 24.1. The van der Waals surface area contributed by atoms with E-state index in [2.05, 4.69) is 11.1 Å². The molecule has 8 nitrogen and oxygen atoms in total. The highest BCUT2D eigenvalue weighted by Gasteiger charge is 2.18. The van der Waals surface area contributed by atoms with Gasteiger partial charge in [0.25, 0.3) is 0 Å². The van der Waals surface area contributed by atoms with Gasteiger partial charge in [-0.3, -0.25) is 0 Å². The Hall–Kier alpha value is -4.76. The molecule has 0 atom stereocenters. The first-order chi connectivity index (χ1) is 21.0. The third-order valence-electron chi connectivity index (χ3n) is 7.58. The number of carbonyl (C=O) groups is 1. The number of fused-ring (bicyclic) bond motifs is 2. The van der Waals surface area contributed by atoms with E-state index in [1.165, 1.54) is 18.7 Å². The smallest absolute Gasteiger partial charge is 0.337 e.